The Labute approximate surface area is 182 Å². The van der Waals surface area contributed by atoms with E-state index in [9.17, 15) is 13.6 Å². The van der Waals surface area contributed by atoms with E-state index in [0.29, 0.717) is 27.8 Å². The van der Waals surface area contributed by atoms with Crippen LogP contribution in [0.1, 0.15) is 22.4 Å². The van der Waals surface area contributed by atoms with Gasteiger partial charge in [-0.3, -0.25) is 9.78 Å². The first-order chi connectivity index (χ1) is 15.4. The molecular formula is C24H20F2N2O4. The number of aliphatic carboxylic acids is 1. The Hall–Kier alpha value is -3.78. The number of aromatic nitrogens is 1. The highest BCUT2D eigenvalue weighted by Crippen LogP contribution is 2.35. The highest BCUT2D eigenvalue weighted by Gasteiger charge is 2.18. The number of ether oxygens (including phenoxy) is 1. The molecule has 2 heterocycles. The summed E-state index contributed by atoms with van der Waals surface area (Å²) in [5, 5.41) is 9.87. The number of rotatable bonds is 7. The van der Waals surface area contributed by atoms with Gasteiger partial charge in [-0.2, -0.15) is 0 Å². The number of carboxylic acid groups (broad SMARTS) is 1. The van der Waals surface area contributed by atoms with Crippen LogP contribution in [-0.2, 0) is 24.4 Å². The monoisotopic (exact) mass is 438 g/mol. The molecule has 0 spiro atoms. The van der Waals surface area contributed by atoms with Gasteiger partial charge in [-0.05, 0) is 42.3 Å². The molecule has 0 fully saturated rings. The van der Waals surface area contributed by atoms with Crippen molar-refractivity contribution in [3.05, 3.63) is 82.9 Å². The summed E-state index contributed by atoms with van der Waals surface area (Å²) in [6.45, 7) is 1.83. The van der Waals surface area contributed by atoms with Crippen LogP contribution in [0, 0.1) is 18.6 Å². The van der Waals surface area contributed by atoms with E-state index in [0.717, 1.165) is 17.0 Å². The van der Waals surface area contributed by atoms with Gasteiger partial charge in [0, 0.05) is 40.9 Å². The van der Waals surface area contributed by atoms with Crippen LogP contribution in [0.2, 0.25) is 0 Å². The number of nitrogens with zero attached hydrogens (tertiary/aromatic N) is 1. The summed E-state index contributed by atoms with van der Waals surface area (Å²) in [6, 6.07) is 8.83. The van der Waals surface area contributed by atoms with Crippen LogP contribution in [0.15, 0.2) is 53.3 Å². The maximum absolute atomic E-state index is 15.0. The maximum atomic E-state index is 15.0. The van der Waals surface area contributed by atoms with Crippen LogP contribution in [0.25, 0.3) is 22.1 Å². The SMILES string of the molecule is Cc1coc2c(-c3ccnc(CN)c3F)cc(COc3cc(F)ccc3CC(=O)O)cc12. The van der Waals surface area contributed by atoms with E-state index >= 15 is 0 Å². The second kappa shape index (κ2) is 8.76. The Morgan fingerprint density at radius 1 is 1.19 bits per heavy atom. The Morgan fingerprint density at radius 3 is 2.75 bits per heavy atom. The molecule has 0 unspecified atom stereocenters. The topological polar surface area (TPSA) is 98.6 Å². The number of hydrogen-bond acceptors (Lipinski definition) is 5. The zero-order valence-corrected chi connectivity index (χ0v) is 17.2. The lowest BCUT2D eigenvalue weighted by Crippen LogP contribution is -2.05. The van der Waals surface area contributed by atoms with Crippen LogP contribution in [0.5, 0.6) is 5.75 Å². The molecule has 0 aliphatic carbocycles. The van der Waals surface area contributed by atoms with Crippen LogP contribution in [0.4, 0.5) is 8.78 Å². The van der Waals surface area contributed by atoms with Crippen molar-refractivity contribution in [3.8, 4) is 16.9 Å². The number of carboxylic acids is 1. The first kappa shape index (κ1) is 21.5. The summed E-state index contributed by atoms with van der Waals surface area (Å²) >= 11 is 0. The zero-order chi connectivity index (χ0) is 22.8. The minimum absolute atomic E-state index is 0.0140. The molecule has 164 valence electrons. The molecule has 4 rings (SSSR count). The minimum Gasteiger partial charge on any atom is -0.488 e. The van der Waals surface area contributed by atoms with Gasteiger partial charge in [0.05, 0.1) is 18.4 Å². The Balaban J connectivity index is 1.75. The average Bonchev–Trinajstić information content (AvgIpc) is 3.14. The van der Waals surface area contributed by atoms with Crippen molar-refractivity contribution in [2.75, 3.05) is 0 Å². The van der Waals surface area contributed by atoms with Crippen LogP contribution in [0.3, 0.4) is 0 Å². The van der Waals surface area contributed by atoms with Gasteiger partial charge in [0.2, 0.25) is 0 Å². The van der Waals surface area contributed by atoms with E-state index in [1.54, 1.807) is 18.4 Å². The fourth-order valence-corrected chi connectivity index (χ4v) is 3.57. The molecule has 8 heteroatoms. The van der Waals surface area contributed by atoms with Crippen LogP contribution in [-0.4, -0.2) is 16.1 Å². The molecule has 3 N–H and O–H groups in total. The van der Waals surface area contributed by atoms with Gasteiger partial charge >= 0.3 is 5.97 Å². The molecule has 32 heavy (non-hydrogen) atoms. The van der Waals surface area contributed by atoms with E-state index in [1.807, 2.05) is 13.0 Å². The van der Waals surface area contributed by atoms with Crippen molar-refractivity contribution in [1.82, 2.24) is 4.98 Å². The predicted octanol–water partition coefficient (Wildman–Crippen LogP) is 4.75. The fraction of sp³-hybridized carbons (Fsp3) is 0.167. The average molecular weight is 438 g/mol. The molecule has 2 aromatic heterocycles. The van der Waals surface area contributed by atoms with Gasteiger partial charge in [0.1, 0.15) is 23.8 Å². The Morgan fingerprint density at radius 2 is 2.00 bits per heavy atom. The quantitative estimate of drug-likeness (QED) is 0.432. The molecule has 0 aliphatic heterocycles. The molecule has 0 amide bonds. The van der Waals surface area contributed by atoms with Crippen molar-refractivity contribution in [2.24, 2.45) is 5.73 Å². The molecule has 2 aromatic carbocycles. The molecule has 0 atom stereocenters. The molecule has 0 bridgehead atoms. The molecule has 6 nitrogen and oxygen atoms in total. The number of hydrogen-bond donors (Lipinski definition) is 2. The number of nitrogens with two attached hydrogens (primary N) is 1. The number of halogens is 2. The van der Waals surface area contributed by atoms with Crippen molar-refractivity contribution < 1.29 is 27.8 Å². The van der Waals surface area contributed by atoms with Gasteiger partial charge in [-0.25, -0.2) is 8.78 Å². The fourth-order valence-electron chi connectivity index (χ4n) is 3.57. The van der Waals surface area contributed by atoms with Crippen molar-refractivity contribution in [1.29, 1.82) is 0 Å². The lowest BCUT2D eigenvalue weighted by Gasteiger charge is -2.13. The number of furan rings is 1. The van der Waals surface area contributed by atoms with Crippen molar-refractivity contribution >= 4 is 16.9 Å². The van der Waals surface area contributed by atoms with Gasteiger partial charge < -0.3 is 20.0 Å². The lowest BCUT2D eigenvalue weighted by atomic mass is 9.99. The van der Waals surface area contributed by atoms with E-state index in [4.69, 9.17) is 20.0 Å². The molecule has 0 saturated heterocycles. The number of pyridine rings is 1. The van der Waals surface area contributed by atoms with Crippen LogP contribution >= 0.6 is 0 Å². The van der Waals surface area contributed by atoms with Crippen molar-refractivity contribution in [3.63, 3.8) is 0 Å². The minimum atomic E-state index is -1.05. The first-order valence-electron chi connectivity index (χ1n) is 9.85. The summed E-state index contributed by atoms with van der Waals surface area (Å²) < 4.78 is 40.2. The highest BCUT2D eigenvalue weighted by molar-refractivity contribution is 5.95. The van der Waals surface area contributed by atoms with Gasteiger partial charge in [-0.1, -0.05) is 6.07 Å². The second-order valence-corrected chi connectivity index (χ2v) is 7.37. The summed E-state index contributed by atoms with van der Waals surface area (Å²) in [5.74, 6) is -1.98. The van der Waals surface area contributed by atoms with E-state index in [-0.39, 0.29) is 31.0 Å². The molecule has 0 aliphatic rings. The molecule has 0 saturated carbocycles. The third-order valence-electron chi connectivity index (χ3n) is 5.14. The number of fused-ring (bicyclic) bond motifs is 1. The number of aryl methyl sites for hydroxylation is 1. The standard InChI is InChI=1S/C24H20F2N2O4/c1-13-11-32-24-18(13)6-14(7-19(24)17-4-5-28-20(10-27)23(17)26)12-31-21-9-16(25)3-2-15(21)8-22(29)30/h2-7,9,11H,8,10,12,27H2,1H3,(H,29,30). The third kappa shape index (κ3) is 4.17. The third-order valence-corrected chi connectivity index (χ3v) is 5.14. The first-order valence-corrected chi connectivity index (χ1v) is 9.85. The maximum Gasteiger partial charge on any atom is 0.307 e. The van der Waals surface area contributed by atoms with E-state index in [1.165, 1.54) is 18.3 Å². The summed E-state index contributed by atoms with van der Waals surface area (Å²) in [5.41, 5.74) is 8.93. The smallest absolute Gasteiger partial charge is 0.307 e. The molecular weight excluding hydrogens is 418 g/mol. The molecule has 4 aromatic rings. The van der Waals surface area contributed by atoms with Gasteiger partial charge in [-0.15, -0.1) is 0 Å². The second-order valence-electron chi connectivity index (χ2n) is 7.37. The molecule has 0 radical (unpaired) electrons. The van der Waals surface area contributed by atoms with E-state index < -0.39 is 17.6 Å². The van der Waals surface area contributed by atoms with Gasteiger partial charge in [0.15, 0.2) is 5.82 Å². The van der Waals surface area contributed by atoms with Crippen LogP contribution < -0.4 is 10.5 Å². The predicted molar refractivity (Wildman–Crippen MR) is 114 cm³/mol. The van der Waals surface area contributed by atoms with Gasteiger partial charge in [0.25, 0.3) is 0 Å². The van der Waals surface area contributed by atoms with E-state index in [2.05, 4.69) is 4.98 Å². The number of carbonyl (C=O) groups is 1. The lowest BCUT2D eigenvalue weighted by molar-refractivity contribution is -0.136. The summed E-state index contributed by atoms with van der Waals surface area (Å²) in [7, 11) is 0. The normalized spacial score (nSPS) is 11.1. The Kier molecular flexibility index (Phi) is 5.87. The summed E-state index contributed by atoms with van der Waals surface area (Å²) in [4.78, 5) is 15.1. The zero-order valence-electron chi connectivity index (χ0n) is 17.2. The highest BCUT2D eigenvalue weighted by atomic mass is 19.1. The van der Waals surface area contributed by atoms with Crippen molar-refractivity contribution in [2.45, 2.75) is 26.5 Å². The number of benzene rings is 2. The largest absolute Gasteiger partial charge is 0.488 e. The Bertz CT molecular complexity index is 1320. The summed E-state index contributed by atoms with van der Waals surface area (Å²) in [6.07, 6.45) is 2.76.